The van der Waals surface area contributed by atoms with Crippen LogP contribution in [0.15, 0.2) is 91.0 Å². The zero-order chi connectivity index (χ0) is 43.9. The van der Waals surface area contributed by atoms with Gasteiger partial charge in [0.1, 0.15) is 29.5 Å². The van der Waals surface area contributed by atoms with Crippen LogP contribution in [0.3, 0.4) is 0 Å². The van der Waals surface area contributed by atoms with Gasteiger partial charge in [-0.15, -0.1) is 0 Å². The third kappa shape index (κ3) is 11.7. The number of ether oxygens (including phenoxy) is 3. The number of aromatic amines is 1. The number of hydrogen-bond donors (Lipinski definition) is 5. The summed E-state index contributed by atoms with van der Waals surface area (Å²) in [6, 6.07) is 26.4. The van der Waals surface area contributed by atoms with Crippen LogP contribution in [0.4, 0.5) is 15.3 Å². The molecule has 0 saturated carbocycles. The molecule has 14 nitrogen and oxygen atoms in total. The van der Waals surface area contributed by atoms with Gasteiger partial charge >= 0.3 is 12.2 Å². The molecule has 3 aromatic carbocycles. The fourth-order valence-electron chi connectivity index (χ4n) is 7.68. The van der Waals surface area contributed by atoms with E-state index in [2.05, 4.69) is 20.9 Å². The van der Waals surface area contributed by atoms with Gasteiger partial charge in [0.05, 0.1) is 25.3 Å². The number of likely N-dealkylation sites (tertiary alicyclic amines) is 1. The van der Waals surface area contributed by atoms with Crippen LogP contribution in [-0.2, 0) is 23.8 Å². The Bertz CT molecular complexity index is 2110. The molecule has 0 aliphatic carbocycles. The number of aromatic nitrogens is 1. The van der Waals surface area contributed by atoms with Crippen LogP contribution >= 0.6 is 0 Å². The average Bonchev–Trinajstić information content (AvgIpc) is 3.92. The molecule has 2 fully saturated rings. The van der Waals surface area contributed by atoms with Gasteiger partial charge in [-0.3, -0.25) is 9.59 Å². The summed E-state index contributed by atoms with van der Waals surface area (Å²) < 4.78 is 16.7. The van der Waals surface area contributed by atoms with E-state index in [-0.39, 0.29) is 11.8 Å². The number of rotatable bonds is 12. The summed E-state index contributed by atoms with van der Waals surface area (Å²) in [6.07, 6.45) is -0.561. The summed E-state index contributed by atoms with van der Waals surface area (Å²) in [4.78, 5) is 59.9. The van der Waals surface area contributed by atoms with Crippen LogP contribution in [0.25, 0.3) is 22.4 Å². The number of benzene rings is 3. The SMILES string of the molecule is CCC(NC(=O)OC(C)(C)C)C(=O)N1CCCC1C(O)Nc1ccc(-c2ccc(-c3ccc(C4COCCN4C(=O)C(NC(=O)OC(C)(C)C)c4ccccc4)[nH]3)cc2)cc1. The number of aliphatic hydroxyl groups is 1. The second kappa shape index (κ2) is 19.2. The first-order chi connectivity index (χ1) is 29.0. The maximum Gasteiger partial charge on any atom is 0.408 e. The Labute approximate surface area is 358 Å². The number of anilines is 1. The molecule has 5 N–H and O–H groups in total. The predicted octanol–water partition coefficient (Wildman–Crippen LogP) is 7.54. The van der Waals surface area contributed by atoms with Crippen molar-refractivity contribution in [2.24, 2.45) is 0 Å². The number of alkyl carbamates (subject to hydrolysis) is 2. The van der Waals surface area contributed by atoms with Crippen molar-refractivity contribution in [3.63, 3.8) is 0 Å². The number of amides is 4. The van der Waals surface area contributed by atoms with Gasteiger partial charge in [-0.25, -0.2) is 9.59 Å². The molecule has 61 heavy (non-hydrogen) atoms. The maximum absolute atomic E-state index is 14.2. The van der Waals surface area contributed by atoms with E-state index in [0.717, 1.165) is 34.5 Å². The Morgan fingerprint density at radius 2 is 1.38 bits per heavy atom. The monoisotopic (exact) mass is 836 g/mol. The maximum atomic E-state index is 14.2. The summed E-state index contributed by atoms with van der Waals surface area (Å²) in [5.74, 6) is -0.500. The lowest BCUT2D eigenvalue weighted by Gasteiger charge is -2.37. The van der Waals surface area contributed by atoms with E-state index < -0.39 is 53.8 Å². The van der Waals surface area contributed by atoms with Gasteiger partial charge in [0.15, 0.2) is 0 Å². The Morgan fingerprint density at radius 3 is 2.00 bits per heavy atom. The van der Waals surface area contributed by atoms with Crippen molar-refractivity contribution in [3.8, 4) is 22.4 Å². The molecule has 2 aliphatic rings. The van der Waals surface area contributed by atoms with E-state index in [4.69, 9.17) is 14.2 Å². The predicted molar refractivity (Wildman–Crippen MR) is 233 cm³/mol. The van der Waals surface area contributed by atoms with Crippen molar-refractivity contribution in [2.45, 2.75) is 109 Å². The number of carbonyl (C=O) groups is 4. The summed E-state index contributed by atoms with van der Waals surface area (Å²) in [5.41, 5.74) is 4.59. The molecule has 5 atom stereocenters. The lowest BCUT2D eigenvalue weighted by atomic mass is 10.0. The van der Waals surface area contributed by atoms with Crippen molar-refractivity contribution in [1.29, 1.82) is 0 Å². The molecule has 2 aliphatic heterocycles. The largest absolute Gasteiger partial charge is 0.444 e. The van der Waals surface area contributed by atoms with Crippen LogP contribution < -0.4 is 16.0 Å². The molecule has 0 bridgehead atoms. The van der Waals surface area contributed by atoms with E-state index >= 15 is 0 Å². The number of H-pyrrole nitrogens is 1. The minimum atomic E-state index is -1.01. The van der Waals surface area contributed by atoms with Gasteiger partial charge in [0.25, 0.3) is 5.91 Å². The number of nitrogens with zero attached hydrogens (tertiary/aromatic N) is 2. The highest BCUT2D eigenvalue weighted by Crippen LogP contribution is 2.32. The fourth-order valence-corrected chi connectivity index (χ4v) is 7.68. The van der Waals surface area contributed by atoms with Gasteiger partial charge in [0, 0.05) is 30.2 Å². The molecule has 1 aromatic heterocycles. The molecule has 4 aromatic rings. The van der Waals surface area contributed by atoms with Gasteiger partial charge in [-0.2, -0.15) is 0 Å². The van der Waals surface area contributed by atoms with E-state index in [1.165, 1.54) is 0 Å². The van der Waals surface area contributed by atoms with Crippen LogP contribution in [0.1, 0.15) is 91.1 Å². The lowest BCUT2D eigenvalue weighted by Crippen LogP contribution is -2.54. The molecule has 2 saturated heterocycles. The highest BCUT2D eigenvalue weighted by molar-refractivity contribution is 5.88. The summed E-state index contributed by atoms with van der Waals surface area (Å²) >= 11 is 0. The van der Waals surface area contributed by atoms with Gasteiger partial charge in [-0.05, 0) is 107 Å². The zero-order valence-electron chi connectivity index (χ0n) is 36.2. The van der Waals surface area contributed by atoms with Crippen LogP contribution in [0.2, 0.25) is 0 Å². The first-order valence-corrected chi connectivity index (χ1v) is 21.1. The van der Waals surface area contributed by atoms with Crippen molar-refractivity contribution in [3.05, 3.63) is 102 Å². The highest BCUT2D eigenvalue weighted by atomic mass is 16.6. The van der Waals surface area contributed by atoms with Crippen LogP contribution in [-0.4, -0.2) is 99.7 Å². The number of aliphatic hydroxyl groups excluding tert-OH is 1. The Kier molecular flexibility index (Phi) is 14.1. The minimum absolute atomic E-state index is 0.243. The van der Waals surface area contributed by atoms with Gasteiger partial charge in [-0.1, -0.05) is 73.7 Å². The summed E-state index contributed by atoms with van der Waals surface area (Å²) in [7, 11) is 0. The lowest BCUT2D eigenvalue weighted by molar-refractivity contribution is -0.143. The van der Waals surface area contributed by atoms with E-state index in [0.29, 0.717) is 50.4 Å². The molecule has 326 valence electrons. The molecular weight excluding hydrogens is 777 g/mol. The van der Waals surface area contributed by atoms with Crippen molar-refractivity contribution < 1.29 is 38.5 Å². The molecule has 14 heteroatoms. The second-order valence-electron chi connectivity index (χ2n) is 17.5. The number of carbonyl (C=O) groups excluding carboxylic acids is 4. The third-order valence-corrected chi connectivity index (χ3v) is 10.6. The Hall–Kier alpha value is -5.86. The third-order valence-electron chi connectivity index (χ3n) is 10.6. The fraction of sp³-hybridized carbons (Fsp3) is 0.447. The second-order valence-corrected chi connectivity index (χ2v) is 17.5. The van der Waals surface area contributed by atoms with E-state index in [1.54, 1.807) is 51.3 Å². The quantitative estimate of drug-likeness (QED) is 0.0904. The van der Waals surface area contributed by atoms with Crippen molar-refractivity contribution >= 4 is 29.7 Å². The van der Waals surface area contributed by atoms with Crippen LogP contribution in [0, 0.1) is 0 Å². The molecule has 3 heterocycles. The highest BCUT2D eigenvalue weighted by Gasteiger charge is 2.38. The minimum Gasteiger partial charge on any atom is -0.444 e. The normalized spacial score (nSPS) is 18.4. The first-order valence-electron chi connectivity index (χ1n) is 21.1. The number of nitrogens with one attached hydrogen (secondary N) is 4. The topological polar surface area (TPSA) is 175 Å². The number of hydrogen-bond acceptors (Lipinski definition) is 9. The molecular formula is C47H60N6O8. The van der Waals surface area contributed by atoms with E-state index in [1.807, 2.05) is 97.9 Å². The van der Waals surface area contributed by atoms with Crippen molar-refractivity contribution in [1.82, 2.24) is 25.4 Å². The number of morpholine rings is 1. The van der Waals surface area contributed by atoms with E-state index in [9.17, 15) is 24.3 Å². The average molecular weight is 837 g/mol. The standard InChI is InChI=1S/C47H60N6O8/c1-8-35(50-44(57)60-46(2,3)4)42(55)52-26-12-15-38(52)41(54)48-34-22-20-31(21-23-34)30-16-18-32(19-17-30)36-24-25-37(49-36)39-29-59-28-27-53(39)43(56)40(33-13-10-9-11-14-33)51-45(58)61-47(5,6)7/h9-11,13-14,16-25,35,38-41,48-49,54H,8,12,15,26-29H2,1-7H3,(H,50,57)(H,51,58). The Morgan fingerprint density at radius 1 is 0.770 bits per heavy atom. The molecule has 0 radical (unpaired) electrons. The smallest absolute Gasteiger partial charge is 0.408 e. The summed E-state index contributed by atoms with van der Waals surface area (Å²) in [6.45, 7) is 14.0. The van der Waals surface area contributed by atoms with Crippen molar-refractivity contribution in [2.75, 3.05) is 31.6 Å². The van der Waals surface area contributed by atoms with Gasteiger partial charge in [0.2, 0.25) is 5.91 Å². The molecule has 4 amide bonds. The first kappa shape index (κ1) is 44.7. The molecule has 6 rings (SSSR count). The Balaban J connectivity index is 1.09. The summed E-state index contributed by atoms with van der Waals surface area (Å²) in [5, 5.41) is 19.9. The van der Waals surface area contributed by atoms with Crippen LogP contribution in [0.5, 0.6) is 0 Å². The zero-order valence-corrected chi connectivity index (χ0v) is 36.2. The molecule has 0 spiro atoms. The van der Waals surface area contributed by atoms with Gasteiger partial charge < -0.3 is 50.1 Å². The molecule has 5 unspecified atom stereocenters.